The van der Waals surface area contributed by atoms with Crippen LogP contribution in [0.25, 0.3) is 0 Å². The fraction of sp³-hybridized carbons (Fsp3) is 0.111. The second-order valence-electron chi connectivity index (χ2n) is 11.1. The van der Waals surface area contributed by atoms with Gasteiger partial charge in [-0.25, -0.2) is 14.3 Å². The van der Waals surface area contributed by atoms with Gasteiger partial charge in [0.2, 0.25) is 5.95 Å². The zero-order valence-electron chi connectivity index (χ0n) is 26.9. The van der Waals surface area contributed by atoms with Crippen LogP contribution in [0.2, 0.25) is 0 Å². The Balaban J connectivity index is 1.51. The summed E-state index contributed by atoms with van der Waals surface area (Å²) < 4.78 is 53.6. The van der Waals surface area contributed by atoms with Crippen LogP contribution in [0, 0.1) is 27.6 Å². The molecular formula is C36H23F3N8O5. The second kappa shape index (κ2) is 14.3. The Morgan fingerprint density at radius 3 is 2.27 bits per heavy atom. The summed E-state index contributed by atoms with van der Waals surface area (Å²) in [6.45, 7) is 1.23. The molecule has 0 bridgehead atoms. The van der Waals surface area contributed by atoms with Gasteiger partial charge in [0, 0.05) is 11.4 Å². The summed E-state index contributed by atoms with van der Waals surface area (Å²) in [5, 5.41) is 27.0. The Hall–Kier alpha value is -7.33. The number of nitrogens with zero attached hydrogens (tertiary/aromatic N) is 8. The monoisotopic (exact) mass is 704 g/mol. The van der Waals surface area contributed by atoms with E-state index in [0.29, 0.717) is 21.6 Å². The maximum absolute atomic E-state index is 13.9. The van der Waals surface area contributed by atoms with Crippen molar-refractivity contribution in [2.75, 3.05) is 9.80 Å². The number of amides is 2. The normalized spacial score (nSPS) is 13.7. The summed E-state index contributed by atoms with van der Waals surface area (Å²) in [5.41, 5.74) is 0.542. The molecule has 0 aliphatic carbocycles. The van der Waals surface area contributed by atoms with Gasteiger partial charge in [0.05, 0.1) is 28.8 Å². The van der Waals surface area contributed by atoms with Gasteiger partial charge in [-0.3, -0.25) is 4.90 Å². The van der Waals surface area contributed by atoms with Crippen LogP contribution in [0.1, 0.15) is 35.2 Å². The summed E-state index contributed by atoms with van der Waals surface area (Å²) in [6.07, 6.45) is -7.32. The molecule has 0 radical (unpaired) electrons. The number of anilines is 3. The molecule has 0 saturated carbocycles. The van der Waals surface area contributed by atoms with Gasteiger partial charge in [-0.1, -0.05) is 48.5 Å². The SMILES string of the molecule is CC1=C(C#N)[C@@H](c2ccc(C#N)cc2)n2nc(N(C(=O)OCc3ccccc3)C(=O)Oc3ccc(N=O)cc3)nc2N1c1cccc(C(F)(F)F)c1. The lowest BCUT2D eigenvalue weighted by atomic mass is 9.95. The maximum Gasteiger partial charge on any atom is 0.432 e. The molecule has 4 aromatic carbocycles. The molecule has 0 saturated heterocycles. The van der Waals surface area contributed by atoms with Gasteiger partial charge in [-0.15, -0.1) is 14.9 Å². The number of fused-ring (bicyclic) bond motifs is 1. The molecule has 1 aromatic heterocycles. The molecule has 0 fully saturated rings. The number of alkyl halides is 3. The van der Waals surface area contributed by atoms with Crippen LogP contribution in [0.4, 0.5) is 46.0 Å². The minimum absolute atomic E-state index is 0.0377. The van der Waals surface area contributed by atoms with Crippen molar-refractivity contribution in [3.05, 3.63) is 142 Å². The van der Waals surface area contributed by atoms with Gasteiger partial charge in [0.25, 0.3) is 5.95 Å². The van der Waals surface area contributed by atoms with Crippen molar-refractivity contribution < 1.29 is 32.2 Å². The van der Waals surface area contributed by atoms with Gasteiger partial charge in [0.1, 0.15) is 24.1 Å². The number of nitriles is 2. The van der Waals surface area contributed by atoms with Crippen molar-refractivity contribution in [3.8, 4) is 17.9 Å². The Bertz CT molecular complexity index is 2280. The average molecular weight is 705 g/mol. The predicted octanol–water partition coefficient (Wildman–Crippen LogP) is 8.45. The van der Waals surface area contributed by atoms with Crippen LogP contribution in [0.15, 0.2) is 120 Å². The topological polar surface area (TPSA) is 167 Å². The number of allylic oxidation sites excluding steroid dienone is 2. The van der Waals surface area contributed by atoms with E-state index in [0.717, 1.165) is 12.1 Å². The molecule has 52 heavy (non-hydrogen) atoms. The van der Waals surface area contributed by atoms with Gasteiger partial charge < -0.3 is 9.47 Å². The van der Waals surface area contributed by atoms with Crippen molar-refractivity contribution in [1.82, 2.24) is 14.8 Å². The number of carbonyl (C=O) groups excluding carboxylic acids is 2. The third kappa shape index (κ3) is 6.89. The average Bonchev–Trinajstić information content (AvgIpc) is 3.57. The smallest absolute Gasteiger partial charge is 0.432 e. The van der Waals surface area contributed by atoms with Gasteiger partial charge in [0.15, 0.2) is 0 Å². The molecule has 5 aromatic rings. The molecule has 2 heterocycles. The van der Waals surface area contributed by atoms with E-state index in [2.05, 4.69) is 21.3 Å². The molecule has 1 aliphatic heterocycles. The minimum Gasteiger partial charge on any atom is -0.444 e. The molecule has 6 rings (SSSR count). The van der Waals surface area contributed by atoms with Crippen molar-refractivity contribution in [2.24, 2.45) is 5.18 Å². The van der Waals surface area contributed by atoms with Crippen molar-refractivity contribution in [3.63, 3.8) is 0 Å². The number of aromatic nitrogens is 3. The van der Waals surface area contributed by atoms with Crippen LogP contribution in [0.5, 0.6) is 5.75 Å². The zero-order valence-corrected chi connectivity index (χ0v) is 26.9. The largest absolute Gasteiger partial charge is 0.444 e. The number of ether oxygens (including phenoxy) is 2. The first kappa shape index (κ1) is 34.5. The lowest BCUT2D eigenvalue weighted by Crippen LogP contribution is -2.40. The molecule has 0 unspecified atom stereocenters. The minimum atomic E-state index is -4.71. The summed E-state index contributed by atoms with van der Waals surface area (Å²) in [4.78, 5) is 44.4. The highest BCUT2D eigenvalue weighted by Crippen LogP contribution is 2.44. The molecule has 0 N–H and O–H groups in total. The molecule has 1 atom stereocenters. The first-order valence-electron chi connectivity index (χ1n) is 15.2. The maximum atomic E-state index is 13.9. The fourth-order valence-electron chi connectivity index (χ4n) is 5.38. The lowest BCUT2D eigenvalue weighted by Gasteiger charge is -2.34. The number of nitroso groups, excluding NO2 is 1. The van der Waals surface area contributed by atoms with E-state index >= 15 is 0 Å². The first-order chi connectivity index (χ1) is 25.0. The summed E-state index contributed by atoms with van der Waals surface area (Å²) in [5.74, 6) is -0.866. The second-order valence-corrected chi connectivity index (χ2v) is 11.1. The Kier molecular flexibility index (Phi) is 9.47. The standard InChI is InChI=1S/C36H23F3N8O5/c1-22-30(20-41)31(25-12-10-23(19-40)11-13-25)47-33(45(22)28-9-5-8-26(18-28)36(37,38)39)42-32(43-47)46(34(48)51-21-24-6-3-2-4-7-24)35(49)52-29-16-14-27(44-50)15-17-29/h2-18,31H,21H2,1H3/t31-/m1/s1. The molecule has 1 aliphatic rings. The van der Waals surface area contributed by atoms with E-state index < -0.39 is 35.9 Å². The molecule has 2 amide bonds. The number of imide groups is 1. The van der Waals surface area contributed by atoms with Crippen LogP contribution in [-0.4, -0.2) is 27.0 Å². The van der Waals surface area contributed by atoms with Gasteiger partial charge in [-0.05, 0) is 77.8 Å². The Labute approximate surface area is 292 Å². The van der Waals surface area contributed by atoms with Crippen LogP contribution in [-0.2, 0) is 17.5 Å². The van der Waals surface area contributed by atoms with Gasteiger partial charge >= 0.3 is 18.4 Å². The highest BCUT2D eigenvalue weighted by Gasteiger charge is 2.40. The quantitative estimate of drug-likeness (QED) is 0.150. The van der Waals surface area contributed by atoms with Crippen molar-refractivity contribution in [2.45, 2.75) is 25.7 Å². The van der Waals surface area contributed by atoms with E-state index in [9.17, 15) is 38.2 Å². The van der Waals surface area contributed by atoms with Gasteiger partial charge in [-0.2, -0.15) is 28.7 Å². The summed E-state index contributed by atoms with van der Waals surface area (Å²) in [7, 11) is 0. The Morgan fingerprint density at radius 2 is 1.63 bits per heavy atom. The highest BCUT2D eigenvalue weighted by molar-refractivity contribution is 6.08. The predicted molar refractivity (Wildman–Crippen MR) is 178 cm³/mol. The van der Waals surface area contributed by atoms with E-state index in [-0.39, 0.29) is 40.9 Å². The number of rotatable bonds is 7. The fourth-order valence-corrected chi connectivity index (χ4v) is 5.38. The van der Waals surface area contributed by atoms with E-state index in [1.54, 1.807) is 42.5 Å². The molecular weight excluding hydrogens is 681 g/mol. The van der Waals surface area contributed by atoms with Crippen LogP contribution in [0.3, 0.4) is 0 Å². The number of hydrogen-bond acceptors (Lipinski definition) is 11. The van der Waals surface area contributed by atoms with E-state index in [4.69, 9.17) is 9.47 Å². The lowest BCUT2D eigenvalue weighted by molar-refractivity contribution is -0.137. The first-order valence-corrected chi connectivity index (χ1v) is 15.2. The third-order valence-electron chi connectivity index (χ3n) is 7.87. The zero-order chi connectivity index (χ0) is 37.0. The molecule has 0 spiro atoms. The Morgan fingerprint density at radius 1 is 0.923 bits per heavy atom. The molecule has 13 nitrogen and oxygen atoms in total. The van der Waals surface area contributed by atoms with Crippen LogP contribution < -0.4 is 14.5 Å². The van der Waals surface area contributed by atoms with E-state index in [1.165, 1.54) is 65.0 Å². The number of hydrogen-bond donors (Lipinski definition) is 0. The number of halogens is 3. The molecule has 258 valence electrons. The number of carbonyl (C=O) groups is 2. The van der Waals surface area contributed by atoms with E-state index in [1.807, 2.05) is 6.07 Å². The molecule has 16 heteroatoms. The van der Waals surface area contributed by atoms with Crippen molar-refractivity contribution >= 4 is 35.5 Å². The highest BCUT2D eigenvalue weighted by atomic mass is 19.4. The summed E-state index contributed by atoms with van der Waals surface area (Å²) in [6, 6.07) is 27.1. The van der Waals surface area contributed by atoms with Crippen LogP contribution >= 0.6 is 0 Å². The van der Waals surface area contributed by atoms with Crippen molar-refractivity contribution in [1.29, 1.82) is 10.5 Å². The summed E-state index contributed by atoms with van der Waals surface area (Å²) >= 11 is 0. The third-order valence-corrected chi connectivity index (χ3v) is 7.87. The number of benzene rings is 4.